The maximum atomic E-state index is 12.6. The molecule has 0 spiro atoms. The molecule has 3 heterocycles. The maximum Gasteiger partial charge on any atom is 0.338 e. The van der Waals surface area contributed by atoms with E-state index in [1.54, 1.807) is 17.9 Å². The van der Waals surface area contributed by atoms with E-state index in [1.807, 2.05) is 26.8 Å². The zero-order valence-electron chi connectivity index (χ0n) is 16.7. The molecule has 0 aromatic carbocycles. The number of hydrogen-bond acceptors (Lipinski definition) is 6. The van der Waals surface area contributed by atoms with Crippen molar-refractivity contribution in [3.05, 3.63) is 17.7 Å². The second-order valence-corrected chi connectivity index (χ2v) is 8.41. The predicted molar refractivity (Wildman–Crippen MR) is 105 cm³/mol. The van der Waals surface area contributed by atoms with Crippen molar-refractivity contribution in [1.29, 1.82) is 0 Å². The van der Waals surface area contributed by atoms with Gasteiger partial charge in [-0.05, 0) is 52.2 Å². The Morgan fingerprint density at radius 1 is 1.15 bits per heavy atom. The van der Waals surface area contributed by atoms with Gasteiger partial charge in [-0.25, -0.2) is 9.78 Å². The van der Waals surface area contributed by atoms with E-state index in [4.69, 9.17) is 9.72 Å². The van der Waals surface area contributed by atoms with Crippen LogP contribution in [-0.2, 0) is 9.53 Å². The van der Waals surface area contributed by atoms with Crippen LogP contribution in [0.15, 0.2) is 12.1 Å². The lowest BCUT2D eigenvalue weighted by atomic mass is 10.1. The third-order valence-electron chi connectivity index (χ3n) is 4.81. The number of carbonyl (C=O) groups is 2. The van der Waals surface area contributed by atoms with Gasteiger partial charge in [-0.1, -0.05) is 0 Å². The van der Waals surface area contributed by atoms with Gasteiger partial charge in [0.2, 0.25) is 5.91 Å². The molecule has 2 aliphatic rings. The second-order valence-electron chi connectivity index (χ2n) is 8.41. The van der Waals surface area contributed by atoms with Crippen LogP contribution in [-0.4, -0.2) is 59.6 Å². The van der Waals surface area contributed by atoms with Crippen LogP contribution in [0.4, 0.5) is 11.6 Å². The smallest absolute Gasteiger partial charge is 0.338 e. The molecule has 0 atom stereocenters. The number of amides is 1. The zero-order chi connectivity index (χ0) is 19.6. The number of nitrogens with one attached hydrogen (secondary N) is 1. The first-order chi connectivity index (χ1) is 12.7. The molecule has 148 valence electrons. The van der Waals surface area contributed by atoms with Crippen LogP contribution in [0.3, 0.4) is 0 Å². The highest BCUT2D eigenvalue weighted by atomic mass is 16.6. The highest BCUT2D eigenvalue weighted by Gasteiger charge is 2.29. The molecule has 2 aliphatic heterocycles. The fourth-order valence-electron chi connectivity index (χ4n) is 3.37. The van der Waals surface area contributed by atoms with E-state index < -0.39 is 5.60 Å². The number of aromatic nitrogens is 1. The number of hydrogen-bond donors (Lipinski definition) is 1. The molecule has 1 aromatic rings. The number of anilines is 2. The molecule has 7 heteroatoms. The van der Waals surface area contributed by atoms with E-state index in [0.29, 0.717) is 24.5 Å². The molecule has 3 rings (SSSR count). The van der Waals surface area contributed by atoms with E-state index in [0.717, 1.165) is 31.7 Å². The molecule has 1 N–H and O–H groups in total. The summed E-state index contributed by atoms with van der Waals surface area (Å²) in [6, 6.07) is 3.73. The molecule has 0 radical (unpaired) electrons. The summed E-state index contributed by atoms with van der Waals surface area (Å²) in [7, 11) is 0. The summed E-state index contributed by atoms with van der Waals surface area (Å²) >= 11 is 0. The van der Waals surface area contributed by atoms with Gasteiger partial charge in [0, 0.05) is 33.1 Å². The van der Waals surface area contributed by atoms with Crippen LogP contribution in [0.25, 0.3) is 0 Å². The first-order valence-electron chi connectivity index (χ1n) is 9.74. The number of nitrogens with zero attached hydrogens (tertiary/aromatic N) is 3. The highest BCUT2D eigenvalue weighted by molar-refractivity contribution is 5.91. The van der Waals surface area contributed by atoms with Crippen molar-refractivity contribution < 1.29 is 14.3 Å². The number of likely N-dealkylation sites (tertiary alicyclic amines) is 1. The van der Waals surface area contributed by atoms with Crippen LogP contribution < -0.4 is 10.2 Å². The number of rotatable bonds is 4. The van der Waals surface area contributed by atoms with Crippen LogP contribution in [0, 0.1) is 0 Å². The van der Waals surface area contributed by atoms with E-state index >= 15 is 0 Å². The number of carbonyl (C=O) groups excluding carboxylic acids is 2. The molecule has 2 fully saturated rings. The van der Waals surface area contributed by atoms with Crippen molar-refractivity contribution in [2.75, 3.05) is 36.4 Å². The highest BCUT2D eigenvalue weighted by Crippen LogP contribution is 2.25. The topological polar surface area (TPSA) is 74.8 Å². The van der Waals surface area contributed by atoms with Crippen LogP contribution in [0.5, 0.6) is 0 Å². The van der Waals surface area contributed by atoms with E-state index in [2.05, 4.69) is 10.2 Å². The Kier molecular flexibility index (Phi) is 5.58. The summed E-state index contributed by atoms with van der Waals surface area (Å²) in [6.45, 7) is 10.4. The first-order valence-corrected chi connectivity index (χ1v) is 9.74. The minimum atomic E-state index is -0.546. The molecule has 0 saturated carbocycles. The molecule has 1 amide bonds. The average Bonchev–Trinajstić information content (AvgIpc) is 2.56. The number of ether oxygens (including phenoxy) is 1. The summed E-state index contributed by atoms with van der Waals surface area (Å²) in [6.07, 6.45) is 3.50. The predicted octanol–water partition coefficient (Wildman–Crippen LogP) is 2.67. The Hall–Kier alpha value is -2.31. The van der Waals surface area contributed by atoms with E-state index in [-0.39, 0.29) is 17.9 Å². The standard InChI is InChI=1S/C20H30N4O3/c1-14(25)24-12-16(13-24)21-17-10-15(19(26)27-20(2,3)4)11-18(22-17)23-8-6-5-7-9-23/h10-11,16H,5-9,12-13H2,1-4H3,(H,21,22). The van der Waals surface area contributed by atoms with Gasteiger partial charge in [-0.3, -0.25) is 4.79 Å². The number of pyridine rings is 1. The molecular formula is C20H30N4O3. The zero-order valence-corrected chi connectivity index (χ0v) is 16.7. The Morgan fingerprint density at radius 3 is 2.41 bits per heavy atom. The Bertz CT molecular complexity index is 702. The minimum absolute atomic E-state index is 0.0810. The fraction of sp³-hybridized carbons (Fsp3) is 0.650. The van der Waals surface area contributed by atoms with Gasteiger partial charge in [0.25, 0.3) is 0 Å². The van der Waals surface area contributed by atoms with Crippen LogP contribution >= 0.6 is 0 Å². The molecule has 27 heavy (non-hydrogen) atoms. The summed E-state index contributed by atoms with van der Waals surface area (Å²) < 4.78 is 5.55. The van der Waals surface area contributed by atoms with Gasteiger partial charge in [-0.2, -0.15) is 0 Å². The van der Waals surface area contributed by atoms with Crippen molar-refractivity contribution in [2.24, 2.45) is 0 Å². The molecule has 2 saturated heterocycles. The number of esters is 1. The van der Waals surface area contributed by atoms with E-state index in [1.165, 1.54) is 6.42 Å². The lowest BCUT2D eigenvalue weighted by Gasteiger charge is -2.39. The Morgan fingerprint density at radius 2 is 1.81 bits per heavy atom. The van der Waals surface area contributed by atoms with Crippen molar-refractivity contribution >= 4 is 23.5 Å². The normalized spacial score (nSPS) is 18.1. The van der Waals surface area contributed by atoms with Gasteiger partial charge in [0.15, 0.2) is 0 Å². The van der Waals surface area contributed by atoms with Crippen molar-refractivity contribution in [1.82, 2.24) is 9.88 Å². The number of piperidine rings is 1. The molecule has 0 unspecified atom stereocenters. The lowest BCUT2D eigenvalue weighted by Crippen LogP contribution is -2.56. The Balaban J connectivity index is 1.79. The first kappa shape index (κ1) is 19.5. The molecule has 0 bridgehead atoms. The van der Waals surface area contributed by atoms with Gasteiger partial charge < -0.3 is 19.9 Å². The lowest BCUT2D eigenvalue weighted by molar-refractivity contribution is -0.132. The molecule has 0 aliphatic carbocycles. The second kappa shape index (κ2) is 7.74. The minimum Gasteiger partial charge on any atom is -0.456 e. The van der Waals surface area contributed by atoms with Crippen molar-refractivity contribution in [3.63, 3.8) is 0 Å². The SMILES string of the molecule is CC(=O)N1CC(Nc2cc(C(=O)OC(C)(C)C)cc(N3CCCCC3)n2)C1. The van der Waals surface area contributed by atoms with Gasteiger partial charge in [0.1, 0.15) is 17.2 Å². The van der Waals surface area contributed by atoms with Gasteiger partial charge >= 0.3 is 5.97 Å². The summed E-state index contributed by atoms with van der Waals surface area (Å²) in [5.41, 5.74) is -0.0411. The maximum absolute atomic E-state index is 12.6. The average molecular weight is 374 g/mol. The largest absolute Gasteiger partial charge is 0.456 e. The van der Waals surface area contributed by atoms with Crippen LogP contribution in [0.2, 0.25) is 0 Å². The van der Waals surface area contributed by atoms with E-state index in [9.17, 15) is 9.59 Å². The van der Waals surface area contributed by atoms with Crippen LogP contribution in [0.1, 0.15) is 57.3 Å². The van der Waals surface area contributed by atoms with Gasteiger partial charge in [0.05, 0.1) is 11.6 Å². The van der Waals surface area contributed by atoms with Crippen molar-refractivity contribution in [2.45, 2.75) is 58.6 Å². The summed E-state index contributed by atoms with van der Waals surface area (Å²) in [4.78, 5) is 32.7. The molecular weight excluding hydrogens is 344 g/mol. The monoisotopic (exact) mass is 374 g/mol. The molecule has 7 nitrogen and oxygen atoms in total. The third-order valence-corrected chi connectivity index (χ3v) is 4.81. The summed E-state index contributed by atoms with van der Waals surface area (Å²) in [5, 5.41) is 3.36. The molecule has 1 aromatic heterocycles. The summed E-state index contributed by atoms with van der Waals surface area (Å²) in [5.74, 6) is 1.21. The van der Waals surface area contributed by atoms with Crippen molar-refractivity contribution in [3.8, 4) is 0 Å². The fourth-order valence-corrected chi connectivity index (χ4v) is 3.37. The Labute approximate surface area is 161 Å². The van der Waals surface area contributed by atoms with Gasteiger partial charge in [-0.15, -0.1) is 0 Å². The quantitative estimate of drug-likeness (QED) is 0.817. The third kappa shape index (κ3) is 5.11.